The lowest BCUT2D eigenvalue weighted by molar-refractivity contribution is 0.304. The SMILES string of the molecule is Cc1cc(C)n([C@H]2/C(=N\O)[C@H]3CC[C@H]2C3)n1. The second-order valence-corrected chi connectivity index (χ2v) is 5.11. The van der Waals surface area contributed by atoms with E-state index in [9.17, 15) is 0 Å². The molecule has 4 nitrogen and oxygen atoms in total. The van der Waals surface area contributed by atoms with E-state index in [1.54, 1.807) is 0 Å². The first kappa shape index (κ1) is 9.87. The molecule has 2 bridgehead atoms. The maximum Gasteiger partial charge on any atom is 0.0967 e. The summed E-state index contributed by atoms with van der Waals surface area (Å²) in [5.41, 5.74) is 3.15. The van der Waals surface area contributed by atoms with Gasteiger partial charge >= 0.3 is 0 Å². The van der Waals surface area contributed by atoms with Crippen molar-refractivity contribution in [2.75, 3.05) is 0 Å². The lowest BCUT2D eigenvalue weighted by Crippen LogP contribution is -2.27. The molecular formula is C12H17N3O. The third-order valence-corrected chi connectivity index (χ3v) is 4.06. The fraction of sp³-hybridized carbons (Fsp3) is 0.667. The van der Waals surface area contributed by atoms with Gasteiger partial charge in [-0.3, -0.25) is 4.68 Å². The molecule has 3 rings (SSSR count). The summed E-state index contributed by atoms with van der Waals surface area (Å²) in [6.07, 6.45) is 3.59. The normalized spacial score (nSPS) is 35.1. The van der Waals surface area contributed by atoms with Gasteiger partial charge in [-0.2, -0.15) is 5.10 Å². The van der Waals surface area contributed by atoms with Crippen molar-refractivity contribution in [3.8, 4) is 0 Å². The zero-order chi connectivity index (χ0) is 11.3. The Balaban J connectivity index is 2.03. The van der Waals surface area contributed by atoms with Gasteiger partial charge in [-0.25, -0.2) is 0 Å². The van der Waals surface area contributed by atoms with Crippen LogP contribution in [0.4, 0.5) is 0 Å². The topological polar surface area (TPSA) is 50.4 Å². The molecule has 0 aliphatic heterocycles. The molecule has 0 amide bonds. The summed E-state index contributed by atoms with van der Waals surface area (Å²) >= 11 is 0. The summed E-state index contributed by atoms with van der Waals surface area (Å²) in [7, 11) is 0. The van der Waals surface area contributed by atoms with Crippen LogP contribution in [-0.4, -0.2) is 20.7 Å². The van der Waals surface area contributed by atoms with E-state index in [0.29, 0.717) is 11.8 Å². The first-order valence-corrected chi connectivity index (χ1v) is 5.95. The molecular weight excluding hydrogens is 202 g/mol. The molecule has 2 saturated carbocycles. The molecule has 0 aromatic carbocycles. The highest BCUT2D eigenvalue weighted by atomic mass is 16.4. The highest BCUT2D eigenvalue weighted by molar-refractivity contribution is 5.93. The van der Waals surface area contributed by atoms with Crippen molar-refractivity contribution in [3.63, 3.8) is 0 Å². The molecule has 4 heteroatoms. The van der Waals surface area contributed by atoms with Crippen molar-refractivity contribution in [1.82, 2.24) is 9.78 Å². The summed E-state index contributed by atoms with van der Waals surface area (Å²) < 4.78 is 2.05. The Kier molecular flexibility index (Phi) is 2.06. The molecule has 2 fully saturated rings. The lowest BCUT2D eigenvalue weighted by atomic mass is 9.93. The number of fused-ring (bicyclic) bond motifs is 2. The largest absolute Gasteiger partial charge is 0.411 e. The van der Waals surface area contributed by atoms with Crippen LogP contribution in [0.5, 0.6) is 0 Å². The molecule has 0 spiro atoms. The summed E-state index contributed by atoms with van der Waals surface area (Å²) in [5.74, 6) is 1.11. The summed E-state index contributed by atoms with van der Waals surface area (Å²) in [6.45, 7) is 4.08. The van der Waals surface area contributed by atoms with Gasteiger partial charge in [0.25, 0.3) is 0 Å². The summed E-state index contributed by atoms with van der Waals surface area (Å²) in [4.78, 5) is 0. The number of rotatable bonds is 1. The van der Waals surface area contributed by atoms with E-state index < -0.39 is 0 Å². The van der Waals surface area contributed by atoms with Crippen LogP contribution in [0, 0.1) is 25.7 Å². The van der Waals surface area contributed by atoms with Crippen LogP contribution in [0.2, 0.25) is 0 Å². The van der Waals surface area contributed by atoms with Gasteiger partial charge in [-0.15, -0.1) is 0 Å². The molecule has 3 atom stereocenters. The minimum atomic E-state index is 0.206. The average molecular weight is 219 g/mol. The lowest BCUT2D eigenvalue weighted by Gasteiger charge is -2.24. The van der Waals surface area contributed by atoms with E-state index >= 15 is 0 Å². The predicted molar refractivity (Wildman–Crippen MR) is 60.8 cm³/mol. The molecule has 1 aromatic heterocycles. The maximum atomic E-state index is 9.16. The van der Waals surface area contributed by atoms with Crippen LogP contribution in [-0.2, 0) is 0 Å². The molecule has 2 aliphatic carbocycles. The van der Waals surface area contributed by atoms with Crippen molar-refractivity contribution >= 4 is 5.71 Å². The Hall–Kier alpha value is -1.32. The van der Waals surface area contributed by atoms with Gasteiger partial charge in [0.05, 0.1) is 17.4 Å². The van der Waals surface area contributed by atoms with Gasteiger partial charge in [0.15, 0.2) is 0 Å². The van der Waals surface area contributed by atoms with Crippen molar-refractivity contribution in [2.24, 2.45) is 17.0 Å². The Morgan fingerprint density at radius 3 is 2.88 bits per heavy atom. The first-order chi connectivity index (χ1) is 7.70. The van der Waals surface area contributed by atoms with Crippen molar-refractivity contribution in [2.45, 2.75) is 39.2 Å². The molecule has 1 heterocycles. The Morgan fingerprint density at radius 1 is 1.44 bits per heavy atom. The van der Waals surface area contributed by atoms with E-state index in [1.165, 1.54) is 19.3 Å². The fourth-order valence-electron chi connectivity index (χ4n) is 3.45. The quantitative estimate of drug-likeness (QED) is 0.582. The Bertz CT molecular complexity index is 449. The minimum Gasteiger partial charge on any atom is -0.411 e. The van der Waals surface area contributed by atoms with Gasteiger partial charge in [0, 0.05) is 11.6 Å². The van der Waals surface area contributed by atoms with Gasteiger partial charge in [-0.1, -0.05) is 5.16 Å². The van der Waals surface area contributed by atoms with E-state index in [-0.39, 0.29) is 6.04 Å². The van der Waals surface area contributed by atoms with Crippen molar-refractivity contribution < 1.29 is 5.21 Å². The van der Waals surface area contributed by atoms with E-state index in [0.717, 1.165) is 17.1 Å². The monoisotopic (exact) mass is 219 g/mol. The zero-order valence-electron chi connectivity index (χ0n) is 9.72. The molecule has 16 heavy (non-hydrogen) atoms. The number of hydrogen-bond acceptors (Lipinski definition) is 3. The smallest absolute Gasteiger partial charge is 0.0967 e. The van der Waals surface area contributed by atoms with Crippen molar-refractivity contribution in [1.29, 1.82) is 0 Å². The van der Waals surface area contributed by atoms with Crippen LogP contribution >= 0.6 is 0 Å². The van der Waals surface area contributed by atoms with Crippen molar-refractivity contribution in [3.05, 3.63) is 17.5 Å². The van der Waals surface area contributed by atoms with Crippen LogP contribution in [0.1, 0.15) is 36.7 Å². The van der Waals surface area contributed by atoms with Gasteiger partial charge in [0.1, 0.15) is 0 Å². The number of hydrogen-bond donors (Lipinski definition) is 1. The van der Waals surface area contributed by atoms with E-state index in [1.807, 2.05) is 11.6 Å². The second kappa shape index (κ2) is 3.34. The number of aromatic nitrogens is 2. The highest BCUT2D eigenvalue weighted by Crippen LogP contribution is 2.48. The third kappa shape index (κ3) is 1.22. The maximum absolute atomic E-state index is 9.16. The molecule has 0 unspecified atom stereocenters. The summed E-state index contributed by atoms with van der Waals surface area (Å²) in [5, 5.41) is 17.2. The zero-order valence-corrected chi connectivity index (χ0v) is 9.72. The molecule has 0 radical (unpaired) electrons. The van der Waals surface area contributed by atoms with Crippen LogP contribution in [0.25, 0.3) is 0 Å². The first-order valence-electron chi connectivity index (χ1n) is 5.95. The fourth-order valence-corrected chi connectivity index (χ4v) is 3.45. The molecule has 1 aromatic rings. The second-order valence-electron chi connectivity index (χ2n) is 5.11. The molecule has 2 aliphatic rings. The minimum absolute atomic E-state index is 0.206. The van der Waals surface area contributed by atoms with Crippen LogP contribution in [0.3, 0.4) is 0 Å². The Morgan fingerprint density at radius 2 is 2.25 bits per heavy atom. The number of nitrogens with zero attached hydrogens (tertiary/aromatic N) is 3. The van der Waals surface area contributed by atoms with Crippen LogP contribution in [0.15, 0.2) is 11.2 Å². The average Bonchev–Trinajstić information content (AvgIpc) is 2.91. The van der Waals surface area contributed by atoms with E-state index in [4.69, 9.17) is 5.21 Å². The van der Waals surface area contributed by atoms with Gasteiger partial charge < -0.3 is 5.21 Å². The predicted octanol–water partition coefficient (Wildman–Crippen LogP) is 2.30. The van der Waals surface area contributed by atoms with Gasteiger partial charge in [-0.05, 0) is 45.1 Å². The Labute approximate surface area is 95.0 Å². The van der Waals surface area contributed by atoms with E-state index in [2.05, 4.69) is 23.2 Å². The van der Waals surface area contributed by atoms with Crippen LogP contribution < -0.4 is 0 Å². The summed E-state index contributed by atoms with van der Waals surface area (Å²) in [6, 6.07) is 2.29. The number of oxime groups is 1. The molecule has 86 valence electrons. The third-order valence-electron chi connectivity index (χ3n) is 4.06. The highest BCUT2D eigenvalue weighted by Gasteiger charge is 2.47. The standard InChI is InChI=1S/C12H17N3O/c1-7-5-8(2)15(13-7)12-10-4-3-9(6-10)11(12)14-16/h5,9-10,12,16H,3-4,6H2,1-2H3/b14-11-/t9-,10-,12+/m0/s1. The molecule has 1 N–H and O–H groups in total. The number of aryl methyl sites for hydroxylation is 2. The van der Waals surface area contributed by atoms with Gasteiger partial charge in [0.2, 0.25) is 0 Å². The molecule has 0 saturated heterocycles.